The van der Waals surface area contributed by atoms with Gasteiger partial charge in [-0.2, -0.15) is 11.8 Å². The summed E-state index contributed by atoms with van der Waals surface area (Å²) in [5, 5.41) is 4.10. The molecule has 0 spiro atoms. The van der Waals surface area contributed by atoms with E-state index in [-0.39, 0.29) is 6.10 Å². The Morgan fingerprint density at radius 1 is 1.05 bits per heavy atom. The van der Waals surface area contributed by atoms with Gasteiger partial charge in [0, 0.05) is 17.0 Å². The molecule has 0 aliphatic heterocycles. The van der Waals surface area contributed by atoms with Crippen molar-refractivity contribution < 1.29 is 4.74 Å². The highest BCUT2D eigenvalue weighted by Gasteiger charge is 2.14. The SMILES string of the molecule is CNC(CSC(C)C(C)C)c1ccc(OC(C)C)cc1. The third-order valence-electron chi connectivity index (χ3n) is 3.47. The highest BCUT2D eigenvalue weighted by atomic mass is 32.2. The van der Waals surface area contributed by atoms with Crippen LogP contribution in [0.1, 0.15) is 46.2 Å². The zero-order chi connectivity index (χ0) is 15.1. The monoisotopic (exact) mass is 295 g/mol. The molecular formula is C17H29NOS. The summed E-state index contributed by atoms with van der Waals surface area (Å²) in [6.45, 7) is 11.0. The van der Waals surface area contributed by atoms with Gasteiger partial charge >= 0.3 is 0 Å². The maximum Gasteiger partial charge on any atom is 0.119 e. The fraction of sp³-hybridized carbons (Fsp3) is 0.647. The van der Waals surface area contributed by atoms with Crippen molar-refractivity contribution in [3.63, 3.8) is 0 Å². The summed E-state index contributed by atoms with van der Waals surface area (Å²) >= 11 is 2.03. The molecule has 20 heavy (non-hydrogen) atoms. The number of thioether (sulfide) groups is 1. The molecule has 0 aliphatic rings. The van der Waals surface area contributed by atoms with Crippen LogP contribution in [-0.4, -0.2) is 24.2 Å². The molecule has 114 valence electrons. The van der Waals surface area contributed by atoms with Crippen LogP contribution in [0.5, 0.6) is 5.75 Å². The second-order valence-electron chi connectivity index (χ2n) is 5.86. The van der Waals surface area contributed by atoms with E-state index >= 15 is 0 Å². The highest BCUT2D eigenvalue weighted by molar-refractivity contribution is 7.99. The van der Waals surface area contributed by atoms with Gasteiger partial charge in [-0.05, 0) is 44.5 Å². The summed E-state index contributed by atoms with van der Waals surface area (Å²) in [7, 11) is 2.03. The number of rotatable bonds is 8. The van der Waals surface area contributed by atoms with Gasteiger partial charge in [-0.15, -0.1) is 0 Å². The lowest BCUT2D eigenvalue weighted by atomic mass is 10.1. The van der Waals surface area contributed by atoms with Gasteiger partial charge in [0.1, 0.15) is 5.75 Å². The van der Waals surface area contributed by atoms with E-state index in [0.717, 1.165) is 17.4 Å². The van der Waals surface area contributed by atoms with Crippen LogP contribution in [0.4, 0.5) is 0 Å². The second kappa shape index (κ2) is 8.58. The Morgan fingerprint density at radius 2 is 1.65 bits per heavy atom. The molecule has 2 atom stereocenters. The predicted octanol–water partition coefficient (Wildman–Crippen LogP) is 4.51. The van der Waals surface area contributed by atoms with E-state index in [1.807, 2.05) is 32.7 Å². The molecule has 1 aromatic carbocycles. The van der Waals surface area contributed by atoms with E-state index in [2.05, 4.69) is 50.4 Å². The quantitative estimate of drug-likeness (QED) is 0.762. The lowest BCUT2D eigenvalue weighted by Crippen LogP contribution is -2.20. The zero-order valence-corrected chi connectivity index (χ0v) is 14.5. The number of benzene rings is 1. The fourth-order valence-electron chi connectivity index (χ4n) is 1.84. The fourth-order valence-corrected chi connectivity index (χ4v) is 3.08. The largest absolute Gasteiger partial charge is 0.491 e. The van der Waals surface area contributed by atoms with Crippen LogP contribution in [0.2, 0.25) is 0 Å². The van der Waals surface area contributed by atoms with Gasteiger partial charge in [-0.1, -0.05) is 32.9 Å². The van der Waals surface area contributed by atoms with E-state index in [1.54, 1.807) is 0 Å². The van der Waals surface area contributed by atoms with Crippen molar-refractivity contribution in [3.8, 4) is 5.75 Å². The molecule has 1 aromatic rings. The Balaban J connectivity index is 2.61. The standard InChI is InChI=1S/C17H29NOS/c1-12(2)14(5)20-11-17(18-6)15-7-9-16(10-8-15)19-13(3)4/h7-10,12-14,17-18H,11H2,1-6H3. The molecular weight excluding hydrogens is 266 g/mol. The Kier molecular flexibility index (Phi) is 7.46. The zero-order valence-electron chi connectivity index (χ0n) is 13.6. The van der Waals surface area contributed by atoms with Crippen molar-refractivity contribution in [2.24, 2.45) is 5.92 Å². The molecule has 0 amide bonds. The Morgan fingerprint density at radius 3 is 2.10 bits per heavy atom. The van der Waals surface area contributed by atoms with Gasteiger partial charge in [-0.25, -0.2) is 0 Å². The predicted molar refractivity (Wildman–Crippen MR) is 90.8 cm³/mol. The normalized spacial score (nSPS) is 14.6. The molecule has 2 unspecified atom stereocenters. The van der Waals surface area contributed by atoms with E-state index in [0.29, 0.717) is 11.3 Å². The minimum Gasteiger partial charge on any atom is -0.491 e. The van der Waals surface area contributed by atoms with Gasteiger partial charge in [0.25, 0.3) is 0 Å². The summed E-state index contributed by atoms with van der Waals surface area (Å²) in [5.74, 6) is 2.77. The van der Waals surface area contributed by atoms with Crippen LogP contribution in [0.15, 0.2) is 24.3 Å². The maximum absolute atomic E-state index is 5.69. The lowest BCUT2D eigenvalue weighted by molar-refractivity contribution is 0.242. The van der Waals surface area contributed by atoms with Gasteiger partial charge in [-0.3, -0.25) is 0 Å². The first-order chi connectivity index (χ1) is 9.43. The van der Waals surface area contributed by atoms with Crippen LogP contribution < -0.4 is 10.1 Å². The molecule has 0 aromatic heterocycles. The number of hydrogen-bond donors (Lipinski definition) is 1. The Labute approximate surface area is 128 Å². The summed E-state index contributed by atoms with van der Waals surface area (Å²) < 4.78 is 5.69. The van der Waals surface area contributed by atoms with Crippen LogP contribution in [0.3, 0.4) is 0 Å². The molecule has 0 radical (unpaired) electrons. The minimum absolute atomic E-state index is 0.225. The lowest BCUT2D eigenvalue weighted by Gasteiger charge is -2.21. The van der Waals surface area contributed by atoms with Crippen LogP contribution in [0, 0.1) is 5.92 Å². The van der Waals surface area contributed by atoms with Crippen molar-refractivity contribution in [1.29, 1.82) is 0 Å². The smallest absolute Gasteiger partial charge is 0.119 e. The molecule has 0 bridgehead atoms. The topological polar surface area (TPSA) is 21.3 Å². The Bertz CT molecular complexity index is 375. The Hall–Kier alpha value is -0.670. The summed E-state index contributed by atoms with van der Waals surface area (Å²) in [5.41, 5.74) is 1.33. The second-order valence-corrected chi connectivity index (χ2v) is 7.27. The van der Waals surface area contributed by atoms with Gasteiger partial charge < -0.3 is 10.1 Å². The molecule has 0 saturated carbocycles. The molecule has 2 nitrogen and oxygen atoms in total. The molecule has 0 saturated heterocycles. The van der Waals surface area contributed by atoms with Gasteiger partial charge in [0.2, 0.25) is 0 Å². The summed E-state index contributed by atoms with van der Waals surface area (Å²) in [6, 6.07) is 8.86. The number of nitrogens with one attached hydrogen (secondary N) is 1. The molecule has 0 heterocycles. The first-order valence-electron chi connectivity index (χ1n) is 7.49. The van der Waals surface area contributed by atoms with Gasteiger partial charge in [0.15, 0.2) is 0 Å². The average Bonchev–Trinajstić information content (AvgIpc) is 2.40. The van der Waals surface area contributed by atoms with E-state index in [4.69, 9.17) is 4.74 Å². The summed E-state index contributed by atoms with van der Waals surface area (Å²) in [6.07, 6.45) is 0.225. The number of ether oxygens (including phenoxy) is 1. The van der Waals surface area contributed by atoms with E-state index in [1.165, 1.54) is 5.56 Å². The molecule has 3 heteroatoms. The third-order valence-corrected chi connectivity index (χ3v) is 5.06. The third kappa shape index (κ3) is 5.76. The maximum atomic E-state index is 5.69. The van der Waals surface area contributed by atoms with E-state index < -0.39 is 0 Å². The van der Waals surface area contributed by atoms with Crippen molar-refractivity contribution in [2.45, 2.75) is 52.0 Å². The molecule has 0 fully saturated rings. The highest BCUT2D eigenvalue weighted by Crippen LogP contribution is 2.26. The van der Waals surface area contributed by atoms with Crippen molar-refractivity contribution in [3.05, 3.63) is 29.8 Å². The van der Waals surface area contributed by atoms with E-state index in [9.17, 15) is 0 Å². The average molecular weight is 295 g/mol. The van der Waals surface area contributed by atoms with Crippen LogP contribution in [0.25, 0.3) is 0 Å². The first-order valence-corrected chi connectivity index (χ1v) is 8.54. The number of hydrogen-bond acceptors (Lipinski definition) is 3. The molecule has 0 aliphatic carbocycles. The minimum atomic E-state index is 0.225. The van der Waals surface area contributed by atoms with Crippen molar-refractivity contribution in [2.75, 3.05) is 12.8 Å². The van der Waals surface area contributed by atoms with Crippen molar-refractivity contribution >= 4 is 11.8 Å². The first kappa shape index (κ1) is 17.4. The molecule has 1 rings (SSSR count). The van der Waals surface area contributed by atoms with Crippen LogP contribution >= 0.6 is 11.8 Å². The van der Waals surface area contributed by atoms with Crippen molar-refractivity contribution in [1.82, 2.24) is 5.32 Å². The summed E-state index contributed by atoms with van der Waals surface area (Å²) in [4.78, 5) is 0. The molecule has 1 N–H and O–H groups in total. The van der Waals surface area contributed by atoms with Crippen LogP contribution in [-0.2, 0) is 0 Å². The van der Waals surface area contributed by atoms with Gasteiger partial charge in [0.05, 0.1) is 6.10 Å².